The number of rotatable bonds is 2. The highest BCUT2D eigenvalue weighted by Crippen LogP contribution is 2.30. The van der Waals surface area contributed by atoms with E-state index in [4.69, 9.17) is 4.74 Å². The predicted octanol–water partition coefficient (Wildman–Crippen LogP) is 0.583. The van der Waals surface area contributed by atoms with Gasteiger partial charge >= 0.3 is 5.97 Å². The molecular weight excluding hydrogens is 258 g/mol. The van der Waals surface area contributed by atoms with Crippen molar-refractivity contribution in [2.45, 2.75) is 18.9 Å². The van der Waals surface area contributed by atoms with Crippen LogP contribution in [0.2, 0.25) is 0 Å². The molecule has 0 aromatic carbocycles. The molecular formula is C14H17N3O3. The fourth-order valence-corrected chi connectivity index (χ4v) is 3.06. The van der Waals surface area contributed by atoms with Gasteiger partial charge in [-0.1, -0.05) is 0 Å². The zero-order chi connectivity index (χ0) is 14.1. The van der Waals surface area contributed by atoms with Crippen LogP contribution in [0.4, 0.5) is 5.82 Å². The molecule has 3 heterocycles. The minimum absolute atomic E-state index is 0.0346. The van der Waals surface area contributed by atoms with Crippen molar-refractivity contribution in [3.63, 3.8) is 0 Å². The van der Waals surface area contributed by atoms with Crippen molar-refractivity contribution in [1.29, 1.82) is 0 Å². The maximum absolute atomic E-state index is 11.8. The van der Waals surface area contributed by atoms with Crippen LogP contribution < -0.4 is 10.2 Å². The minimum Gasteiger partial charge on any atom is -0.465 e. The number of nitrogens with zero attached hydrogens (tertiary/aromatic N) is 2. The van der Waals surface area contributed by atoms with E-state index >= 15 is 0 Å². The maximum Gasteiger partial charge on any atom is 0.338 e. The number of hydrogen-bond donors (Lipinski definition) is 1. The van der Waals surface area contributed by atoms with Crippen LogP contribution in [0, 0.1) is 5.92 Å². The third-order valence-corrected chi connectivity index (χ3v) is 4.06. The van der Waals surface area contributed by atoms with Crippen molar-refractivity contribution in [3.8, 4) is 0 Å². The van der Waals surface area contributed by atoms with Crippen molar-refractivity contribution in [2.75, 3.05) is 25.1 Å². The van der Waals surface area contributed by atoms with Crippen molar-refractivity contribution in [3.05, 3.63) is 23.9 Å². The molecule has 0 bridgehead atoms. The molecule has 106 valence electrons. The second-order valence-corrected chi connectivity index (χ2v) is 5.15. The van der Waals surface area contributed by atoms with E-state index in [-0.39, 0.29) is 23.8 Å². The summed E-state index contributed by atoms with van der Waals surface area (Å²) in [6.07, 6.45) is 3.48. The molecule has 0 aliphatic carbocycles. The van der Waals surface area contributed by atoms with Crippen LogP contribution in [0.15, 0.2) is 18.3 Å². The van der Waals surface area contributed by atoms with Crippen molar-refractivity contribution in [2.24, 2.45) is 5.92 Å². The standard InChI is InChI=1S/C14H17N3O3/c1-20-14(19)9-4-5-15-12(7-9)17-6-2-3-10-11(17)8-16-13(10)18/h4-5,7,10-11H,2-3,6,8H2,1H3,(H,16,18). The lowest BCUT2D eigenvalue weighted by molar-refractivity contribution is -0.123. The number of carbonyl (C=O) groups is 2. The van der Waals surface area contributed by atoms with E-state index in [2.05, 4.69) is 15.2 Å². The zero-order valence-corrected chi connectivity index (χ0v) is 11.3. The Bertz CT molecular complexity index is 546. The van der Waals surface area contributed by atoms with Gasteiger partial charge in [-0.15, -0.1) is 0 Å². The molecule has 1 aromatic heterocycles. The highest BCUT2D eigenvalue weighted by Gasteiger charge is 2.41. The van der Waals surface area contributed by atoms with Crippen LogP contribution in [0.1, 0.15) is 23.2 Å². The lowest BCUT2D eigenvalue weighted by atomic mass is 9.91. The van der Waals surface area contributed by atoms with Crippen molar-refractivity contribution < 1.29 is 14.3 Å². The van der Waals surface area contributed by atoms with E-state index in [1.807, 2.05) is 0 Å². The number of carbonyl (C=O) groups excluding carboxylic acids is 2. The summed E-state index contributed by atoms with van der Waals surface area (Å²) in [7, 11) is 1.36. The number of amides is 1. The molecule has 6 nitrogen and oxygen atoms in total. The number of piperidine rings is 1. The number of methoxy groups -OCH3 is 1. The quantitative estimate of drug-likeness (QED) is 0.800. The summed E-state index contributed by atoms with van der Waals surface area (Å²) in [6, 6.07) is 3.50. The fraction of sp³-hybridized carbons (Fsp3) is 0.500. The Kier molecular flexibility index (Phi) is 3.30. The molecule has 0 spiro atoms. The van der Waals surface area contributed by atoms with E-state index in [1.54, 1.807) is 18.3 Å². The maximum atomic E-state index is 11.8. The molecule has 2 atom stereocenters. The second kappa shape index (κ2) is 5.11. The summed E-state index contributed by atoms with van der Waals surface area (Å²) in [5, 5.41) is 2.91. The van der Waals surface area contributed by atoms with Gasteiger partial charge < -0.3 is 15.0 Å². The van der Waals surface area contributed by atoms with Crippen LogP contribution in [-0.4, -0.2) is 43.1 Å². The molecule has 2 aliphatic heterocycles. The summed E-state index contributed by atoms with van der Waals surface area (Å²) in [6.45, 7) is 1.50. The fourth-order valence-electron chi connectivity index (χ4n) is 3.06. The van der Waals surface area contributed by atoms with E-state index < -0.39 is 0 Å². The van der Waals surface area contributed by atoms with Gasteiger partial charge in [0.25, 0.3) is 0 Å². The summed E-state index contributed by atoms with van der Waals surface area (Å²) >= 11 is 0. The Balaban J connectivity index is 1.88. The Hall–Kier alpha value is -2.11. The van der Waals surface area contributed by atoms with E-state index in [9.17, 15) is 9.59 Å². The topological polar surface area (TPSA) is 71.5 Å². The first kappa shape index (κ1) is 12.9. The molecule has 2 fully saturated rings. The van der Waals surface area contributed by atoms with Crippen LogP contribution in [0.3, 0.4) is 0 Å². The molecule has 0 radical (unpaired) electrons. The lowest BCUT2D eigenvalue weighted by Crippen LogP contribution is -2.46. The van der Waals surface area contributed by atoms with Crippen LogP contribution in [0.5, 0.6) is 0 Å². The molecule has 1 amide bonds. The molecule has 6 heteroatoms. The first-order valence-corrected chi connectivity index (χ1v) is 6.79. The smallest absolute Gasteiger partial charge is 0.338 e. The number of nitrogens with one attached hydrogen (secondary N) is 1. The van der Waals surface area contributed by atoms with Crippen LogP contribution in [-0.2, 0) is 9.53 Å². The Labute approximate surface area is 117 Å². The predicted molar refractivity (Wildman–Crippen MR) is 72.4 cm³/mol. The minimum atomic E-state index is -0.372. The molecule has 20 heavy (non-hydrogen) atoms. The molecule has 3 rings (SSSR count). The second-order valence-electron chi connectivity index (χ2n) is 5.15. The lowest BCUT2D eigenvalue weighted by Gasteiger charge is -2.36. The van der Waals surface area contributed by atoms with E-state index in [0.29, 0.717) is 12.1 Å². The summed E-state index contributed by atoms with van der Waals surface area (Å²) in [5.74, 6) is 0.526. The van der Waals surface area contributed by atoms with Gasteiger partial charge in [0.15, 0.2) is 0 Å². The van der Waals surface area contributed by atoms with E-state index in [1.165, 1.54) is 7.11 Å². The van der Waals surface area contributed by atoms with Gasteiger partial charge in [-0.05, 0) is 25.0 Å². The van der Waals surface area contributed by atoms with Gasteiger partial charge in [-0.3, -0.25) is 4.79 Å². The van der Waals surface area contributed by atoms with Crippen LogP contribution in [0.25, 0.3) is 0 Å². The first-order chi connectivity index (χ1) is 9.70. The SMILES string of the molecule is COC(=O)c1ccnc(N2CCCC3C(=O)NCC32)c1. The van der Waals surface area contributed by atoms with Crippen LogP contribution >= 0.6 is 0 Å². The summed E-state index contributed by atoms with van der Waals surface area (Å²) in [5.41, 5.74) is 0.483. The average Bonchev–Trinajstić information content (AvgIpc) is 2.88. The molecule has 0 saturated carbocycles. The molecule has 2 unspecified atom stereocenters. The number of pyridine rings is 1. The summed E-state index contributed by atoms with van der Waals surface area (Å²) < 4.78 is 4.73. The number of aromatic nitrogens is 1. The van der Waals surface area contributed by atoms with Gasteiger partial charge in [-0.25, -0.2) is 9.78 Å². The van der Waals surface area contributed by atoms with Crippen molar-refractivity contribution in [1.82, 2.24) is 10.3 Å². The third-order valence-electron chi connectivity index (χ3n) is 4.06. The highest BCUT2D eigenvalue weighted by atomic mass is 16.5. The van der Waals surface area contributed by atoms with Crippen molar-refractivity contribution >= 4 is 17.7 Å². The molecule has 1 N–H and O–H groups in total. The zero-order valence-electron chi connectivity index (χ0n) is 11.3. The Morgan fingerprint density at radius 3 is 3.20 bits per heavy atom. The monoisotopic (exact) mass is 275 g/mol. The number of esters is 1. The molecule has 2 saturated heterocycles. The average molecular weight is 275 g/mol. The van der Waals surface area contributed by atoms with Gasteiger partial charge in [0.2, 0.25) is 5.91 Å². The first-order valence-electron chi connectivity index (χ1n) is 6.79. The van der Waals surface area contributed by atoms with Gasteiger partial charge in [0.05, 0.1) is 24.6 Å². The third kappa shape index (κ3) is 2.11. The van der Waals surface area contributed by atoms with Gasteiger partial charge in [-0.2, -0.15) is 0 Å². The Morgan fingerprint density at radius 2 is 2.40 bits per heavy atom. The molecule has 2 aliphatic rings. The van der Waals surface area contributed by atoms with E-state index in [0.717, 1.165) is 25.2 Å². The number of fused-ring (bicyclic) bond motifs is 1. The van der Waals surface area contributed by atoms with Gasteiger partial charge in [0, 0.05) is 19.3 Å². The Morgan fingerprint density at radius 1 is 1.55 bits per heavy atom. The number of ether oxygens (including phenoxy) is 1. The molecule has 1 aromatic rings. The number of hydrogen-bond acceptors (Lipinski definition) is 5. The van der Waals surface area contributed by atoms with Gasteiger partial charge in [0.1, 0.15) is 5.82 Å². The normalized spacial score (nSPS) is 25.1. The number of anilines is 1. The summed E-state index contributed by atoms with van der Waals surface area (Å²) in [4.78, 5) is 29.8. The highest BCUT2D eigenvalue weighted by molar-refractivity contribution is 5.90. The largest absolute Gasteiger partial charge is 0.465 e.